The normalized spacial score (nSPS) is 31.9. The third-order valence-corrected chi connectivity index (χ3v) is 3.50. The van der Waals surface area contributed by atoms with Crippen LogP contribution < -0.4 is 0 Å². The monoisotopic (exact) mass is 234 g/mol. The second-order valence-electron chi connectivity index (χ2n) is 4.79. The first-order valence-corrected chi connectivity index (χ1v) is 5.52. The van der Waals surface area contributed by atoms with Crippen LogP contribution in [0, 0.1) is 17.8 Å². The van der Waals surface area contributed by atoms with E-state index in [2.05, 4.69) is 13.5 Å². The van der Waals surface area contributed by atoms with Crippen molar-refractivity contribution < 1.29 is 18.0 Å². The molecule has 2 fully saturated rings. The Morgan fingerprint density at radius 2 is 1.88 bits per heavy atom. The van der Waals surface area contributed by atoms with Crippen LogP contribution in [-0.4, -0.2) is 12.5 Å². The molecule has 1 nitrogen and oxygen atoms in total. The van der Waals surface area contributed by atoms with E-state index < -0.39 is 12.5 Å². The van der Waals surface area contributed by atoms with Gasteiger partial charge >= 0.3 is 6.18 Å². The van der Waals surface area contributed by atoms with E-state index in [1.54, 1.807) is 0 Å². The average molecular weight is 234 g/mol. The number of hydrogen-bond donors (Lipinski definition) is 0. The number of allylic oxidation sites excluding steroid dienone is 1. The third-order valence-electron chi connectivity index (χ3n) is 3.50. The van der Waals surface area contributed by atoms with Gasteiger partial charge in [0.2, 0.25) is 6.29 Å². The van der Waals surface area contributed by atoms with Crippen molar-refractivity contribution in [2.24, 2.45) is 17.8 Å². The third kappa shape index (κ3) is 3.65. The summed E-state index contributed by atoms with van der Waals surface area (Å²) in [6, 6.07) is 0. The van der Waals surface area contributed by atoms with Gasteiger partial charge in [-0.15, -0.1) is 0 Å². The van der Waals surface area contributed by atoms with Crippen molar-refractivity contribution in [3.63, 3.8) is 0 Å². The molecular formula is C12H17F3O. The van der Waals surface area contributed by atoms with Crippen LogP contribution in [0.1, 0.15) is 32.6 Å². The number of rotatable bonds is 1. The Hall–Kier alpha value is -0.800. The van der Waals surface area contributed by atoms with Gasteiger partial charge in [0.1, 0.15) is 0 Å². The molecule has 0 amide bonds. The smallest absolute Gasteiger partial charge is 0.293 e. The SMILES string of the molecule is C=C(C)C1CC2CCC1C2.O=CC(F)(F)F. The molecule has 0 N–H and O–H groups in total. The zero-order valence-corrected chi connectivity index (χ0v) is 9.39. The fourth-order valence-electron chi connectivity index (χ4n) is 2.85. The van der Waals surface area contributed by atoms with Crippen LogP contribution in [0.25, 0.3) is 0 Å². The Balaban J connectivity index is 0.000000187. The summed E-state index contributed by atoms with van der Waals surface area (Å²) in [7, 11) is 0. The summed E-state index contributed by atoms with van der Waals surface area (Å²) in [6.45, 7) is 6.26. The van der Waals surface area contributed by atoms with Crippen LogP contribution in [0.2, 0.25) is 0 Å². The Kier molecular flexibility index (Phi) is 4.16. The molecule has 2 bridgehead atoms. The quantitative estimate of drug-likeness (QED) is 0.499. The Morgan fingerprint density at radius 3 is 2.06 bits per heavy atom. The minimum atomic E-state index is -4.64. The molecule has 0 radical (unpaired) electrons. The molecule has 3 unspecified atom stereocenters. The number of fused-ring (bicyclic) bond motifs is 2. The lowest BCUT2D eigenvalue weighted by atomic mass is 9.84. The summed E-state index contributed by atoms with van der Waals surface area (Å²) >= 11 is 0. The van der Waals surface area contributed by atoms with Crippen molar-refractivity contribution in [1.82, 2.24) is 0 Å². The van der Waals surface area contributed by atoms with Gasteiger partial charge in [-0.05, 0) is 43.9 Å². The highest BCUT2D eigenvalue weighted by molar-refractivity contribution is 5.56. The predicted octanol–water partition coefficient (Wildman–Crippen LogP) is 3.75. The maximum absolute atomic E-state index is 10.4. The Bertz CT molecular complexity index is 270. The van der Waals surface area contributed by atoms with Gasteiger partial charge in [0, 0.05) is 0 Å². The first-order valence-electron chi connectivity index (χ1n) is 5.52. The highest BCUT2D eigenvalue weighted by atomic mass is 19.4. The predicted molar refractivity (Wildman–Crippen MR) is 55.9 cm³/mol. The van der Waals surface area contributed by atoms with Crippen LogP contribution in [0.4, 0.5) is 13.2 Å². The molecule has 3 atom stereocenters. The molecule has 2 aliphatic carbocycles. The van der Waals surface area contributed by atoms with E-state index in [0.29, 0.717) is 0 Å². The second kappa shape index (κ2) is 5.02. The van der Waals surface area contributed by atoms with E-state index in [9.17, 15) is 13.2 Å². The summed E-state index contributed by atoms with van der Waals surface area (Å²) in [6.07, 6.45) is 0.265. The molecule has 0 saturated heterocycles. The largest absolute Gasteiger partial charge is 0.446 e. The van der Waals surface area contributed by atoms with Gasteiger partial charge in [-0.25, -0.2) is 0 Å². The molecule has 16 heavy (non-hydrogen) atoms. The summed E-state index contributed by atoms with van der Waals surface area (Å²) in [5, 5.41) is 0. The number of halogens is 3. The van der Waals surface area contributed by atoms with Gasteiger partial charge in [0.15, 0.2) is 0 Å². The highest BCUT2D eigenvalue weighted by Crippen LogP contribution is 2.50. The maximum atomic E-state index is 10.4. The van der Waals surface area contributed by atoms with Crippen LogP contribution >= 0.6 is 0 Å². The van der Waals surface area contributed by atoms with Crippen LogP contribution in [0.5, 0.6) is 0 Å². The summed E-state index contributed by atoms with van der Waals surface area (Å²) < 4.78 is 31.2. The van der Waals surface area contributed by atoms with Crippen molar-refractivity contribution in [2.75, 3.05) is 0 Å². The molecule has 4 heteroatoms. The molecule has 2 aliphatic rings. The summed E-state index contributed by atoms with van der Waals surface area (Å²) in [5.41, 5.74) is 1.44. The molecule has 0 aromatic carbocycles. The van der Waals surface area contributed by atoms with Gasteiger partial charge in [0.05, 0.1) is 0 Å². The van der Waals surface area contributed by atoms with Crippen molar-refractivity contribution in [3.8, 4) is 0 Å². The second-order valence-corrected chi connectivity index (χ2v) is 4.79. The molecule has 0 aliphatic heterocycles. The van der Waals surface area contributed by atoms with Crippen molar-refractivity contribution in [3.05, 3.63) is 12.2 Å². The zero-order valence-electron chi connectivity index (χ0n) is 9.39. The topological polar surface area (TPSA) is 17.1 Å². The lowest BCUT2D eigenvalue weighted by Crippen LogP contribution is -2.10. The molecule has 0 aromatic heterocycles. The summed E-state index contributed by atoms with van der Waals surface area (Å²) in [4.78, 5) is 8.70. The molecule has 2 rings (SSSR count). The van der Waals surface area contributed by atoms with E-state index in [4.69, 9.17) is 4.79 Å². The summed E-state index contributed by atoms with van der Waals surface area (Å²) in [5.74, 6) is 3.01. The lowest BCUT2D eigenvalue weighted by molar-refractivity contribution is -0.156. The standard InChI is InChI=1S/C10H16.C2HF3O/c1-7(2)10-6-8-3-4-9(10)5-8;3-2(4,5)1-6/h8-10H,1,3-6H2,2H3;1H. The van der Waals surface area contributed by atoms with E-state index >= 15 is 0 Å². The van der Waals surface area contributed by atoms with E-state index in [-0.39, 0.29) is 0 Å². The average Bonchev–Trinajstić information content (AvgIpc) is 2.78. The molecule has 92 valence electrons. The van der Waals surface area contributed by atoms with E-state index in [0.717, 1.165) is 17.8 Å². The number of hydrogen-bond acceptors (Lipinski definition) is 1. The fourth-order valence-corrected chi connectivity index (χ4v) is 2.85. The van der Waals surface area contributed by atoms with Crippen LogP contribution in [0.3, 0.4) is 0 Å². The van der Waals surface area contributed by atoms with Gasteiger partial charge in [0.25, 0.3) is 0 Å². The molecular weight excluding hydrogens is 217 g/mol. The van der Waals surface area contributed by atoms with Crippen LogP contribution in [0.15, 0.2) is 12.2 Å². The zero-order chi connectivity index (χ0) is 12.3. The van der Waals surface area contributed by atoms with Gasteiger partial charge < -0.3 is 0 Å². The van der Waals surface area contributed by atoms with Crippen LogP contribution in [-0.2, 0) is 4.79 Å². The number of aldehydes is 1. The van der Waals surface area contributed by atoms with Gasteiger partial charge in [-0.1, -0.05) is 18.6 Å². The van der Waals surface area contributed by atoms with Gasteiger partial charge in [-0.3, -0.25) is 4.79 Å². The molecule has 0 heterocycles. The van der Waals surface area contributed by atoms with E-state index in [1.165, 1.54) is 31.3 Å². The first kappa shape index (κ1) is 13.3. The maximum Gasteiger partial charge on any atom is 0.446 e. The van der Waals surface area contributed by atoms with Crippen molar-refractivity contribution in [1.29, 1.82) is 0 Å². The molecule has 2 saturated carbocycles. The van der Waals surface area contributed by atoms with Gasteiger partial charge in [-0.2, -0.15) is 13.2 Å². The first-order chi connectivity index (χ1) is 7.33. The molecule has 0 aromatic rings. The fraction of sp³-hybridized carbons (Fsp3) is 0.750. The number of carbonyl (C=O) groups is 1. The molecule has 0 spiro atoms. The Labute approximate surface area is 93.7 Å². The van der Waals surface area contributed by atoms with Crippen molar-refractivity contribution in [2.45, 2.75) is 38.8 Å². The number of alkyl halides is 3. The Morgan fingerprint density at radius 1 is 1.31 bits per heavy atom. The van der Waals surface area contributed by atoms with E-state index in [1.807, 2.05) is 0 Å². The van der Waals surface area contributed by atoms with Crippen molar-refractivity contribution >= 4 is 6.29 Å². The lowest BCUT2D eigenvalue weighted by Gasteiger charge is -2.21. The minimum absolute atomic E-state index is 0.902. The minimum Gasteiger partial charge on any atom is -0.293 e. The highest BCUT2D eigenvalue weighted by Gasteiger charge is 2.39. The number of carbonyl (C=O) groups excluding carboxylic acids is 1.